The zero-order chi connectivity index (χ0) is 12.6. The molecule has 0 bridgehead atoms. The fraction of sp³-hybridized carbons (Fsp3) is 0.0769. The van der Waals surface area contributed by atoms with Gasteiger partial charge in [-0.2, -0.15) is 0 Å². The summed E-state index contributed by atoms with van der Waals surface area (Å²) >= 11 is 3.00. The molecule has 0 aromatic heterocycles. The molecule has 0 heterocycles. The Hall–Kier alpha value is -1.29. The second-order valence-corrected chi connectivity index (χ2v) is 4.54. The van der Waals surface area contributed by atoms with Crippen LogP contribution >= 0.6 is 15.9 Å². The monoisotopic (exact) mass is 300 g/mol. The molecule has 0 aliphatic heterocycles. The molecule has 4 heteroatoms. The van der Waals surface area contributed by atoms with Gasteiger partial charge in [0, 0.05) is 5.56 Å². The second-order valence-electron chi connectivity index (χ2n) is 3.69. The maximum absolute atomic E-state index is 13.7. The molecule has 0 fully saturated rings. The minimum Gasteiger partial charge on any atom is -0.206 e. The number of halogens is 4. The fourth-order valence-corrected chi connectivity index (χ4v) is 1.78. The highest BCUT2D eigenvalue weighted by Crippen LogP contribution is 2.28. The lowest BCUT2D eigenvalue weighted by Crippen LogP contribution is -1.93. The molecule has 17 heavy (non-hydrogen) atoms. The van der Waals surface area contributed by atoms with Crippen molar-refractivity contribution in [3.8, 4) is 11.1 Å². The number of hydrogen-bond donors (Lipinski definition) is 0. The van der Waals surface area contributed by atoms with Gasteiger partial charge in [-0.25, -0.2) is 13.2 Å². The highest BCUT2D eigenvalue weighted by atomic mass is 79.9. The molecule has 0 aliphatic carbocycles. The van der Waals surface area contributed by atoms with Crippen LogP contribution in [0.25, 0.3) is 11.1 Å². The summed E-state index contributed by atoms with van der Waals surface area (Å²) in [4.78, 5) is 0. The van der Waals surface area contributed by atoms with Crippen molar-refractivity contribution in [2.75, 3.05) is 0 Å². The number of aryl methyl sites for hydroxylation is 1. The average molecular weight is 301 g/mol. The van der Waals surface area contributed by atoms with Crippen LogP contribution in [0.3, 0.4) is 0 Å². The van der Waals surface area contributed by atoms with Gasteiger partial charge in [-0.15, -0.1) is 0 Å². The summed E-state index contributed by atoms with van der Waals surface area (Å²) in [6.07, 6.45) is 0. The largest absolute Gasteiger partial charge is 0.206 e. The molecule has 2 rings (SSSR count). The standard InChI is InChI=1S/C13H8BrF3/c1-7-2-4-9(13(17)12(7)16)8-3-5-10(14)11(15)6-8/h2-6H,1H3. The van der Waals surface area contributed by atoms with Crippen molar-refractivity contribution in [2.45, 2.75) is 6.92 Å². The van der Waals surface area contributed by atoms with Gasteiger partial charge in [0.1, 0.15) is 5.82 Å². The van der Waals surface area contributed by atoms with Gasteiger partial charge in [0.05, 0.1) is 4.47 Å². The van der Waals surface area contributed by atoms with E-state index in [0.29, 0.717) is 5.56 Å². The zero-order valence-electron chi connectivity index (χ0n) is 8.90. The minimum atomic E-state index is -0.952. The third-order valence-electron chi connectivity index (χ3n) is 2.51. The Balaban J connectivity index is 2.61. The fourth-order valence-electron chi connectivity index (χ4n) is 1.53. The van der Waals surface area contributed by atoms with Gasteiger partial charge in [-0.05, 0) is 46.1 Å². The summed E-state index contributed by atoms with van der Waals surface area (Å²) in [5.74, 6) is -2.36. The zero-order valence-corrected chi connectivity index (χ0v) is 10.5. The molecule has 0 saturated carbocycles. The Bertz CT molecular complexity index is 579. The molecular weight excluding hydrogens is 293 g/mol. The second kappa shape index (κ2) is 4.53. The minimum absolute atomic E-state index is 0.0551. The Morgan fingerprint density at radius 1 is 0.941 bits per heavy atom. The maximum atomic E-state index is 13.7. The summed E-state index contributed by atoms with van der Waals surface area (Å²) in [6.45, 7) is 1.48. The molecule has 0 aliphatic rings. The van der Waals surface area contributed by atoms with Crippen LogP contribution in [0.4, 0.5) is 13.2 Å². The quantitative estimate of drug-likeness (QED) is 0.707. The van der Waals surface area contributed by atoms with Crippen LogP contribution in [0.5, 0.6) is 0 Å². The first-order valence-corrected chi connectivity index (χ1v) is 5.70. The Morgan fingerprint density at radius 2 is 1.65 bits per heavy atom. The average Bonchev–Trinajstić information content (AvgIpc) is 2.30. The van der Waals surface area contributed by atoms with Crippen molar-refractivity contribution in [3.63, 3.8) is 0 Å². The van der Waals surface area contributed by atoms with Crippen LogP contribution in [0.15, 0.2) is 34.8 Å². The molecule has 0 N–H and O–H groups in total. The summed E-state index contributed by atoms with van der Waals surface area (Å²) in [6, 6.07) is 7.06. The molecule has 2 aromatic rings. The molecular formula is C13H8BrF3. The summed E-state index contributed by atoms with van der Waals surface area (Å²) in [5.41, 5.74) is 0.588. The SMILES string of the molecule is Cc1ccc(-c2ccc(Br)c(F)c2)c(F)c1F. The first-order chi connectivity index (χ1) is 8.00. The summed E-state index contributed by atoms with van der Waals surface area (Å²) in [5, 5.41) is 0. The molecule has 0 nitrogen and oxygen atoms in total. The van der Waals surface area contributed by atoms with E-state index in [1.54, 1.807) is 0 Å². The van der Waals surface area contributed by atoms with E-state index >= 15 is 0 Å². The third-order valence-corrected chi connectivity index (χ3v) is 3.15. The lowest BCUT2D eigenvalue weighted by Gasteiger charge is -2.07. The number of hydrogen-bond acceptors (Lipinski definition) is 0. The van der Waals surface area contributed by atoms with E-state index in [9.17, 15) is 13.2 Å². The maximum Gasteiger partial charge on any atom is 0.166 e. The Labute approximate surface area is 105 Å². The Kier molecular flexibility index (Phi) is 3.24. The number of benzene rings is 2. The van der Waals surface area contributed by atoms with Crippen LogP contribution in [-0.4, -0.2) is 0 Å². The van der Waals surface area contributed by atoms with Gasteiger partial charge in [-0.3, -0.25) is 0 Å². The van der Waals surface area contributed by atoms with E-state index in [-0.39, 0.29) is 15.6 Å². The van der Waals surface area contributed by atoms with Gasteiger partial charge < -0.3 is 0 Å². The molecule has 0 spiro atoms. The first kappa shape index (κ1) is 12.2. The van der Waals surface area contributed by atoms with E-state index in [1.165, 1.54) is 31.2 Å². The molecule has 2 aromatic carbocycles. The predicted molar refractivity (Wildman–Crippen MR) is 64.2 cm³/mol. The lowest BCUT2D eigenvalue weighted by atomic mass is 10.0. The molecule has 0 radical (unpaired) electrons. The van der Waals surface area contributed by atoms with Gasteiger partial charge in [-0.1, -0.05) is 18.2 Å². The molecule has 88 valence electrons. The van der Waals surface area contributed by atoms with Crippen LogP contribution < -0.4 is 0 Å². The smallest absolute Gasteiger partial charge is 0.166 e. The van der Waals surface area contributed by atoms with E-state index in [1.807, 2.05) is 0 Å². The van der Waals surface area contributed by atoms with Crippen molar-refractivity contribution in [1.82, 2.24) is 0 Å². The van der Waals surface area contributed by atoms with Crippen molar-refractivity contribution < 1.29 is 13.2 Å². The molecule has 0 saturated heterocycles. The van der Waals surface area contributed by atoms with Gasteiger partial charge in [0.15, 0.2) is 11.6 Å². The van der Waals surface area contributed by atoms with Crippen molar-refractivity contribution in [3.05, 3.63) is 57.8 Å². The predicted octanol–water partition coefficient (Wildman–Crippen LogP) is 4.84. The summed E-state index contributed by atoms with van der Waals surface area (Å²) < 4.78 is 40.6. The third kappa shape index (κ3) is 2.22. The lowest BCUT2D eigenvalue weighted by molar-refractivity contribution is 0.505. The van der Waals surface area contributed by atoms with Crippen LogP contribution in [0, 0.1) is 24.4 Å². The van der Waals surface area contributed by atoms with E-state index in [2.05, 4.69) is 15.9 Å². The van der Waals surface area contributed by atoms with Crippen LogP contribution in [-0.2, 0) is 0 Å². The van der Waals surface area contributed by atoms with E-state index in [4.69, 9.17) is 0 Å². The summed E-state index contributed by atoms with van der Waals surface area (Å²) in [7, 11) is 0. The van der Waals surface area contributed by atoms with Crippen LogP contribution in [0.1, 0.15) is 5.56 Å². The van der Waals surface area contributed by atoms with Crippen LogP contribution in [0.2, 0.25) is 0 Å². The van der Waals surface area contributed by atoms with Crippen molar-refractivity contribution in [1.29, 1.82) is 0 Å². The first-order valence-electron chi connectivity index (χ1n) is 4.90. The number of rotatable bonds is 1. The molecule has 0 unspecified atom stereocenters. The van der Waals surface area contributed by atoms with Gasteiger partial charge in [0.2, 0.25) is 0 Å². The van der Waals surface area contributed by atoms with Crippen molar-refractivity contribution >= 4 is 15.9 Å². The van der Waals surface area contributed by atoms with Crippen molar-refractivity contribution in [2.24, 2.45) is 0 Å². The van der Waals surface area contributed by atoms with Gasteiger partial charge in [0.25, 0.3) is 0 Å². The van der Waals surface area contributed by atoms with E-state index < -0.39 is 17.5 Å². The Morgan fingerprint density at radius 3 is 2.29 bits per heavy atom. The highest BCUT2D eigenvalue weighted by Gasteiger charge is 2.13. The van der Waals surface area contributed by atoms with E-state index in [0.717, 1.165) is 6.07 Å². The normalized spacial score (nSPS) is 10.6. The van der Waals surface area contributed by atoms with Gasteiger partial charge >= 0.3 is 0 Å². The highest BCUT2D eigenvalue weighted by molar-refractivity contribution is 9.10. The molecule has 0 atom stereocenters. The molecule has 0 amide bonds. The topological polar surface area (TPSA) is 0 Å².